The lowest BCUT2D eigenvalue weighted by Crippen LogP contribution is -2.35. The first-order valence-corrected chi connectivity index (χ1v) is 17.0. The molecule has 2 heterocycles. The van der Waals surface area contributed by atoms with Crippen LogP contribution in [0.5, 0.6) is 23.0 Å². The van der Waals surface area contributed by atoms with Gasteiger partial charge in [-0.1, -0.05) is 42.0 Å². The number of likely N-dealkylation sites (tertiary alicyclic amines) is 1. The first-order valence-electron chi connectivity index (χ1n) is 16.7. The summed E-state index contributed by atoms with van der Waals surface area (Å²) >= 11 is 6.91. The van der Waals surface area contributed by atoms with Gasteiger partial charge < -0.3 is 24.1 Å². The first-order chi connectivity index (χ1) is 23.5. The van der Waals surface area contributed by atoms with Crippen LogP contribution in [-0.4, -0.2) is 49.0 Å². The molecular formula is C39H38ClFN2O5. The summed E-state index contributed by atoms with van der Waals surface area (Å²) in [6.07, 6.45) is 11.9. The predicted octanol–water partition coefficient (Wildman–Crippen LogP) is 8.05. The number of allylic oxidation sites excluding steroid dienone is 4. The Bertz CT molecular complexity index is 1820. The SMILES string of the molecule is N#CC1=C/C(COc2cc(O[C@H]3CCc4c(-c5ccc6c(c5F)OCCO6)cccc43)c(Cl)cc2CN2CCC(O)CC2)=C\CC/C=C\1. The third-order valence-corrected chi connectivity index (χ3v) is 9.69. The van der Waals surface area contributed by atoms with Crippen LogP contribution in [0.4, 0.5) is 4.39 Å². The van der Waals surface area contributed by atoms with Crippen LogP contribution in [0.15, 0.2) is 77.9 Å². The molecule has 3 aromatic carbocycles. The van der Waals surface area contributed by atoms with Crippen LogP contribution >= 0.6 is 11.6 Å². The molecule has 0 bridgehead atoms. The second-order valence-corrected chi connectivity index (χ2v) is 13.0. The van der Waals surface area contributed by atoms with Crippen molar-refractivity contribution in [2.75, 3.05) is 32.9 Å². The van der Waals surface area contributed by atoms with Crippen molar-refractivity contribution in [2.24, 2.45) is 0 Å². The van der Waals surface area contributed by atoms with Gasteiger partial charge in [-0.15, -0.1) is 0 Å². The van der Waals surface area contributed by atoms with Gasteiger partial charge in [0.2, 0.25) is 0 Å². The number of hydrogen-bond donors (Lipinski definition) is 1. The normalized spacial score (nSPS) is 22.2. The molecule has 0 saturated carbocycles. The summed E-state index contributed by atoms with van der Waals surface area (Å²) in [5.74, 6) is 1.35. The highest BCUT2D eigenvalue weighted by atomic mass is 35.5. The van der Waals surface area contributed by atoms with E-state index in [2.05, 4.69) is 17.0 Å². The lowest BCUT2D eigenvalue weighted by atomic mass is 9.96. The zero-order valence-corrected chi connectivity index (χ0v) is 27.5. The molecule has 3 aromatic rings. The minimum atomic E-state index is -0.416. The van der Waals surface area contributed by atoms with Crippen molar-refractivity contribution in [2.45, 2.75) is 57.3 Å². The summed E-state index contributed by atoms with van der Waals surface area (Å²) in [5, 5.41) is 20.1. The van der Waals surface area contributed by atoms with Crippen LogP contribution in [0.2, 0.25) is 5.02 Å². The van der Waals surface area contributed by atoms with Crippen molar-refractivity contribution in [1.29, 1.82) is 5.26 Å². The fourth-order valence-corrected chi connectivity index (χ4v) is 7.12. The van der Waals surface area contributed by atoms with Gasteiger partial charge in [0.05, 0.1) is 22.8 Å². The van der Waals surface area contributed by atoms with E-state index in [1.807, 2.05) is 48.6 Å². The summed E-state index contributed by atoms with van der Waals surface area (Å²) in [4.78, 5) is 2.30. The Morgan fingerprint density at radius 2 is 1.88 bits per heavy atom. The topological polar surface area (TPSA) is 84.2 Å². The number of halogens is 2. The molecule has 248 valence electrons. The molecule has 2 aliphatic carbocycles. The number of rotatable bonds is 8. The van der Waals surface area contributed by atoms with Crippen molar-refractivity contribution in [1.82, 2.24) is 4.90 Å². The Balaban J connectivity index is 1.16. The summed E-state index contributed by atoms with van der Waals surface area (Å²) < 4.78 is 39.9. The Labute approximate surface area is 285 Å². The molecule has 48 heavy (non-hydrogen) atoms. The van der Waals surface area contributed by atoms with Gasteiger partial charge in [-0.3, -0.25) is 4.90 Å². The van der Waals surface area contributed by atoms with Crippen LogP contribution in [-0.2, 0) is 13.0 Å². The number of benzene rings is 3. The van der Waals surface area contributed by atoms with E-state index in [1.165, 1.54) is 0 Å². The smallest absolute Gasteiger partial charge is 0.197 e. The average molecular weight is 669 g/mol. The molecule has 0 unspecified atom stereocenters. The maximum absolute atomic E-state index is 15.7. The molecule has 1 fully saturated rings. The number of aliphatic hydroxyl groups excluding tert-OH is 1. The molecule has 0 spiro atoms. The van der Waals surface area contributed by atoms with Gasteiger partial charge in [0.25, 0.3) is 0 Å². The molecule has 1 atom stereocenters. The van der Waals surface area contributed by atoms with E-state index in [9.17, 15) is 10.4 Å². The maximum atomic E-state index is 15.7. The van der Waals surface area contributed by atoms with E-state index in [1.54, 1.807) is 12.1 Å². The maximum Gasteiger partial charge on any atom is 0.197 e. The second kappa shape index (κ2) is 14.4. The Kier molecular flexibility index (Phi) is 9.71. The molecule has 0 amide bonds. The Morgan fingerprint density at radius 3 is 2.73 bits per heavy atom. The number of fused-ring (bicyclic) bond motifs is 2. The van der Waals surface area contributed by atoms with Crippen LogP contribution in [0.3, 0.4) is 0 Å². The minimum absolute atomic E-state index is 0.160. The van der Waals surface area contributed by atoms with E-state index in [0.717, 1.165) is 73.0 Å². The van der Waals surface area contributed by atoms with Gasteiger partial charge in [0.15, 0.2) is 17.3 Å². The van der Waals surface area contributed by atoms with E-state index < -0.39 is 5.82 Å². The minimum Gasteiger partial charge on any atom is -0.488 e. The molecule has 4 aliphatic rings. The second-order valence-electron chi connectivity index (χ2n) is 12.6. The third-order valence-electron chi connectivity index (χ3n) is 9.39. The van der Waals surface area contributed by atoms with Crippen LogP contribution < -0.4 is 18.9 Å². The van der Waals surface area contributed by atoms with E-state index in [-0.39, 0.29) is 18.0 Å². The summed E-state index contributed by atoms with van der Waals surface area (Å²) in [6, 6.07) is 15.5. The van der Waals surface area contributed by atoms with Crippen LogP contribution in [0, 0.1) is 17.1 Å². The van der Waals surface area contributed by atoms with Crippen molar-refractivity contribution in [3.05, 3.63) is 105 Å². The quantitative estimate of drug-likeness (QED) is 0.260. The predicted molar refractivity (Wildman–Crippen MR) is 182 cm³/mol. The number of ether oxygens (including phenoxy) is 4. The largest absolute Gasteiger partial charge is 0.488 e. The Morgan fingerprint density at radius 1 is 1.02 bits per heavy atom. The number of piperidine rings is 1. The third kappa shape index (κ3) is 6.95. The first kappa shape index (κ1) is 32.3. The molecule has 0 aromatic heterocycles. The molecule has 2 aliphatic heterocycles. The standard InChI is InChI=1S/C39H38ClFN2O5/c40-33-20-27(23-43-15-13-28(44)14-16-43)36(47-24-26-6-3-1-2-5-25(19-26)22-42)21-37(33)48-34-11-9-30-29(7-4-8-31(30)34)32-10-12-35-39(38(32)41)46-18-17-45-35/h2,4-8,10,12,19-21,28,34,44H,1,3,9,11,13-18,23-24H2/b5-2-,25-19+,26-6+/t34-/m0/s1. The van der Waals surface area contributed by atoms with Crippen molar-refractivity contribution < 1.29 is 28.4 Å². The molecule has 7 nitrogen and oxygen atoms in total. The van der Waals surface area contributed by atoms with Gasteiger partial charge in [-0.25, -0.2) is 4.39 Å². The summed E-state index contributed by atoms with van der Waals surface area (Å²) in [7, 11) is 0. The lowest BCUT2D eigenvalue weighted by Gasteiger charge is -2.30. The van der Waals surface area contributed by atoms with Gasteiger partial charge in [-0.05, 0) is 91.1 Å². The molecule has 0 radical (unpaired) electrons. The number of nitrogens with zero attached hydrogens (tertiary/aromatic N) is 2. The zero-order chi connectivity index (χ0) is 33.0. The van der Waals surface area contributed by atoms with Gasteiger partial charge >= 0.3 is 0 Å². The van der Waals surface area contributed by atoms with Crippen molar-refractivity contribution in [3.63, 3.8) is 0 Å². The number of nitriles is 1. The fourth-order valence-electron chi connectivity index (χ4n) is 6.89. The molecular weight excluding hydrogens is 631 g/mol. The number of aliphatic hydroxyl groups is 1. The van der Waals surface area contributed by atoms with E-state index in [4.69, 9.17) is 30.5 Å². The van der Waals surface area contributed by atoms with Crippen molar-refractivity contribution >= 4 is 11.6 Å². The molecule has 1 N–H and O–H groups in total. The zero-order valence-electron chi connectivity index (χ0n) is 26.7. The lowest BCUT2D eigenvalue weighted by molar-refractivity contribution is 0.0788. The van der Waals surface area contributed by atoms with Gasteiger partial charge in [0.1, 0.15) is 37.4 Å². The highest BCUT2D eigenvalue weighted by Crippen LogP contribution is 2.45. The van der Waals surface area contributed by atoms with Gasteiger partial charge in [-0.2, -0.15) is 5.26 Å². The van der Waals surface area contributed by atoms with Crippen molar-refractivity contribution in [3.8, 4) is 40.2 Å². The monoisotopic (exact) mass is 668 g/mol. The summed E-state index contributed by atoms with van der Waals surface area (Å²) in [6.45, 7) is 3.21. The molecule has 1 saturated heterocycles. The molecule has 7 rings (SSSR count). The highest BCUT2D eigenvalue weighted by Gasteiger charge is 2.30. The average Bonchev–Trinajstić information content (AvgIpc) is 3.50. The Hall–Kier alpha value is -4.29. The van der Waals surface area contributed by atoms with Crippen LogP contribution in [0.1, 0.15) is 54.9 Å². The van der Waals surface area contributed by atoms with E-state index in [0.29, 0.717) is 66.2 Å². The van der Waals surface area contributed by atoms with E-state index >= 15 is 4.39 Å². The molecule has 9 heteroatoms. The van der Waals surface area contributed by atoms with Crippen LogP contribution in [0.25, 0.3) is 11.1 Å². The number of hydrogen-bond acceptors (Lipinski definition) is 7. The summed E-state index contributed by atoms with van der Waals surface area (Å²) in [5.41, 5.74) is 5.79. The van der Waals surface area contributed by atoms with Gasteiger partial charge in [0, 0.05) is 36.8 Å². The highest BCUT2D eigenvalue weighted by molar-refractivity contribution is 6.32. The fraction of sp³-hybridized carbons (Fsp3) is 0.359.